The summed E-state index contributed by atoms with van der Waals surface area (Å²) >= 11 is 5.90. The van der Waals surface area contributed by atoms with E-state index in [2.05, 4.69) is 4.98 Å². The lowest BCUT2D eigenvalue weighted by Crippen LogP contribution is -2.03. The summed E-state index contributed by atoms with van der Waals surface area (Å²) in [6, 6.07) is 15.1. The van der Waals surface area contributed by atoms with Gasteiger partial charge < -0.3 is 4.98 Å². The van der Waals surface area contributed by atoms with Crippen LogP contribution in [0.5, 0.6) is 0 Å². The van der Waals surface area contributed by atoms with Gasteiger partial charge in [0.25, 0.3) is 0 Å². The number of hydrogen-bond donors (Lipinski definition) is 1. The monoisotopic (exact) mass is 269 g/mol. The summed E-state index contributed by atoms with van der Waals surface area (Å²) in [5.74, 6) is 0.0809. The summed E-state index contributed by atoms with van der Waals surface area (Å²) in [6.07, 6.45) is 2.29. The number of halogens is 1. The van der Waals surface area contributed by atoms with Crippen molar-refractivity contribution in [2.75, 3.05) is 0 Å². The maximum absolute atomic E-state index is 12.2. The fourth-order valence-electron chi connectivity index (χ4n) is 2.16. The van der Waals surface area contributed by atoms with Crippen molar-refractivity contribution >= 4 is 28.3 Å². The van der Waals surface area contributed by atoms with Crippen LogP contribution in [0.1, 0.15) is 15.9 Å². The minimum atomic E-state index is 0.0809. The van der Waals surface area contributed by atoms with Gasteiger partial charge in [-0.1, -0.05) is 29.8 Å². The minimum Gasteiger partial charge on any atom is -0.361 e. The first-order valence-electron chi connectivity index (χ1n) is 6.07. The Labute approximate surface area is 116 Å². The Bertz CT molecular complexity index is 745. The molecule has 0 fully saturated rings. The number of H-pyrrole nitrogens is 1. The highest BCUT2D eigenvalue weighted by Crippen LogP contribution is 2.17. The standard InChI is InChI=1S/C16H12ClNO/c17-14-3-1-2-13(10-14)16(19)9-11-4-5-15-12(8-11)6-7-18-15/h1-8,10,18H,9H2. The lowest BCUT2D eigenvalue weighted by Gasteiger charge is -2.02. The first-order valence-corrected chi connectivity index (χ1v) is 6.45. The van der Waals surface area contributed by atoms with Gasteiger partial charge in [0.05, 0.1) is 0 Å². The van der Waals surface area contributed by atoms with Crippen molar-refractivity contribution in [3.05, 3.63) is 70.9 Å². The Morgan fingerprint density at radius 2 is 2.00 bits per heavy atom. The molecule has 3 rings (SSSR count). The predicted octanol–water partition coefficient (Wildman–Crippen LogP) is 4.25. The molecular formula is C16H12ClNO. The molecule has 0 atom stereocenters. The maximum atomic E-state index is 12.2. The van der Waals surface area contributed by atoms with Gasteiger partial charge in [-0.3, -0.25) is 4.79 Å². The molecule has 0 aliphatic heterocycles. The van der Waals surface area contributed by atoms with E-state index in [9.17, 15) is 4.79 Å². The fraction of sp³-hybridized carbons (Fsp3) is 0.0625. The van der Waals surface area contributed by atoms with E-state index < -0.39 is 0 Å². The Morgan fingerprint density at radius 1 is 1.11 bits per heavy atom. The molecule has 3 aromatic rings. The van der Waals surface area contributed by atoms with Crippen LogP contribution in [-0.4, -0.2) is 10.8 Å². The van der Waals surface area contributed by atoms with Gasteiger partial charge in [0, 0.05) is 28.7 Å². The second-order valence-corrected chi connectivity index (χ2v) is 4.95. The number of nitrogens with one attached hydrogen (secondary N) is 1. The highest BCUT2D eigenvalue weighted by atomic mass is 35.5. The molecule has 1 heterocycles. The van der Waals surface area contributed by atoms with Crippen LogP contribution in [0.4, 0.5) is 0 Å². The van der Waals surface area contributed by atoms with Crippen LogP contribution in [0, 0.1) is 0 Å². The Hall–Kier alpha value is -2.06. The van der Waals surface area contributed by atoms with Gasteiger partial charge >= 0.3 is 0 Å². The Balaban J connectivity index is 1.86. The van der Waals surface area contributed by atoms with Crippen LogP contribution in [-0.2, 0) is 6.42 Å². The first kappa shape index (κ1) is 12.0. The SMILES string of the molecule is O=C(Cc1ccc2[nH]ccc2c1)c1cccc(Cl)c1. The smallest absolute Gasteiger partial charge is 0.167 e. The van der Waals surface area contributed by atoms with Crippen LogP contribution >= 0.6 is 11.6 Å². The van der Waals surface area contributed by atoms with Gasteiger partial charge in [-0.15, -0.1) is 0 Å². The van der Waals surface area contributed by atoms with E-state index in [1.165, 1.54) is 0 Å². The molecular weight excluding hydrogens is 258 g/mol. The zero-order valence-electron chi connectivity index (χ0n) is 10.2. The summed E-state index contributed by atoms with van der Waals surface area (Å²) in [6.45, 7) is 0. The lowest BCUT2D eigenvalue weighted by molar-refractivity contribution is 0.0993. The van der Waals surface area contributed by atoms with Crippen molar-refractivity contribution in [2.45, 2.75) is 6.42 Å². The lowest BCUT2D eigenvalue weighted by atomic mass is 10.0. The molecule has 3 heteroatoms. The van der Waals surface area contributed by atoms with Crippen molar-refractivity contribution in [2.24, 2.45) is 0 Å². The topological polar surface area (TPSA) is 32.9 Å². The molecule has 0 aliphatic carbocycles. The number of hydrogen-bond acceptors (Lipinski definition) is 1. The third-order valence-corrected chi connectivity index (χ3v) is 3.36. The Kier molecular flexibility index (Phi) is 3.10. The van der Waals surface area contributed by atoms with Crippen LogP contribution in [0.2, 0.25) is 5.02 Å². The number of ketones is 1. The molecule has 0 amide bonds. The number of benzene rings is 2. The molecule has 0 radical (unpaired) electrons. The van der Waals surface area contributed by atoms with Crippen molar-refractivity contribution in [3.63, 3.8) is 0 Å². The van der Waals surface area contributed by atoms with Crippen LogP contribution in [0.15, 0.2) is 54.7 Å². The van der Waals surface area contributed by atoms with Crippen LogP contribution in [0.3, 0.4) is 0 Å². The van der Waals surface area contributed by atoms with E-state index in [0.29, 0.717) is 17.0 Å². The van der Waals surface area contributed by atoms with E-state index in [1.807, 2.05) is 30.5 Å². The number of carbonyl (C=O) groups excluding carboxylic acids is 1. The number of fused-ring (bicyclic) bond motifs is 1. The molecule has 94 valence electrons. The van der Waals surface area contributed by atoms with E-state index in [1.54, 1.807) is 24.3 Å². The highest BCUT2D eigenvalue weighted by Gasteiger charge is 2.08. The summed E-state index contributed by atoms with van der Waals surface area (Å²) in [7, 11) is 0. The molecule has 0 spiro atoms. The zero-order chi connectivity index (χ0) is 13.2. The quantitative estimate of drug-likeness (QED) is 0.709. The number of aromatic nitrogens is 1. The average molecular weight is 270 g/mol. The minimum absolute atomic E-state index is 0.0809. The first-order chi connectivity index (χ1) is 9.22. The summed E-state index contributed by atoms with van der Waals surface area (Å²) < 4.78 is 0. The van der Waals surface area contributed by atoms with Gasteiger partial charge in [0.2, 0.25) is 0 Å². The molecule has 0 bridgehead atoms. The van der Waals surface area contributed by atoms with Gasteiger partial charge in [0.15, 0.2) is 5.78 Å². The molecule has 2 aromatic carbocycles. The van der Waals surface area contributed by atoms with E-state index >= 15 is 0 Å². The number of rotatable bonds is 3. The second-order valence-electron chi connectivity index (χ2n) is 4.51. The van der Waals surface area contributed by atoms with Crippen molar-refractivity contribution in [1.82, 2.24) is 4.98 Å². The van der Waals surface area contributed by atoms with Crippen LogP contribution in [0.25, 0.3) is 10.9 Å². The summed E-state index contributed by atoms with van der Waals surface area (Å²) in [5.41, 5.74) is 2.75. The molecule has 0 saturated carbocycles. The molecule has 19 heavy (non-hydrogen) atoms. The average Bonchev–Trinajstić information content (AvgIpc) is 2.86. The predicted molar refractivity (Wildman–Crippen MR) is 77.8 cm³/mol. The molecule has 1 aromatic heterocycles. The molecule has 0 saturated heterocycles. The zero-order valence-corrected chi connectivity index (χ0v) is 10.9. The van der Waals surface area contributed by atoms with Gasteiger partial charge in [0.1, 0.15) is 0 Å². The second kappa shape index (κ2) is 4.90. The summed E-state index contributed by atoms with van der Waals surface area (Å²) in [5, 5.41) is 1.71. The molecule has 2 nitrogen and oxygen atoms in total. The van der Waals surface area contributed by atoms with E-state index in [0.717, 1.165) is 16.5 Å². The van der Waals surface area contributed by atoms with E-state index in [4.69, 9.17) is 11.6 Å². The molecule has 1 N–H and O–H groups in total. The van der Waals surface area contributed by atoms with Crippen LogP contribution < -0.4 is 0 Å². The van der Waals surface area contributed by atoms with Gasteiger partial charge in [-0.2, -0.15) is 0 Å². The normalized spacial score (nSPS) is 10.8. The summed E-state index contributed by atoms with van der Waals surface area (Å²) in [4.78, 5) is 15.3. The van der Waals surface area contributed by atoms with Gasteiger partial charge in [-0.25, -0.2) is 0 Å². The van der Waals surface area contributed by atoms with Crippen molar-refractivity contribution in [1.29, 1.82) is 0 Å². The largest absolute Gasteiger partial charge is 0.361 e. The number of aromatic amines is 1. The number of Topliss-reactive ketones (excluding diaryl/α,β-unsaturated/α-hetero) is 1. The fourth-order valence-corrected chi connectivity index (χ4v) is 2.35. The number of carbonyl (C=O) groups is 1. The van der Waals surface area contributed by atoms with Crippen molar-refractivity contribution in [3.8, 4) is 0 Å². The highest BCUT2D eigenvalue weighted by molar-refractivity contribution is 6.31. The molecule has 0 unspecified atom stereocenters. The van der Waals surface area contributed by atoms with Gasteiger partial charge in [-0.05, 0) is 41.3 Å². The third-order valence-electron chi connectivity index (χ3n) is 3.13. The molecule has 0 aliphatic rings. The maximum Gasteiger partial charge on any atom is 0.167 e. The van der Waals surface area contributed by atoms with E-state index in [-0.39, 0.29) is 5.78 Å². The Morgan fingerprint density at radius 3 is 2.84 bits per heavy atom. The third kappa shape index (κ3) is 2.54. The van der Waals surface area contributed by atoms with Crippen molar-refractivity contribution < 1.29 is 4.79 Å².